The predicted molar refractivity (Wildman–Crippen MR) is 94.1 cm³/mol. The van der Waals surface area contributed by atoms with Crippen LogP contribution in [0.15, 0.2) is 28.8 Å². The summed E-state index contributed by atoms with van der Waals surface area (Å²) in [6.45, 7) is 1.17. The molecular weight excluding hydrogens is 380 g/mol. The van der Waals surface area contributed by atoms with Crippen molar-refractivity contribution >= 4 is 46.9 Å². The number of fused-ring (bicyclic) bond motifs is 1. The van der Waals surface area contributed by atoms with Gasteiger partial charge in [-0.25, -0.2) is 4.79 Å². The molecule has 1 unspecified atom stereocenters. The first-order valence-electron chi connectivity index (χ1n) is 7.75. The fourth-order valence-electron chi connectivity index (χ4n) is 2.76. The summed E-state index contributed by atoms with van der Waals surface area (Å²) >= 11 is 2.79. The van der Waals surface area contributed by atoms with Gasteiger partial charge in [0.25, 0.3) is 0 Å². The maximum atomic E-state index is 12.3. The molecule has 2 aliphatic heterocycles. The van der Waals surface area contributed by atoms with Gasteiger partial charge in [0, 0.05) is 23.1 Å². The molecule has 0 spiro atoms. The van der Waals surface area contributed by atoms with Crippen molar-refractivity contribution < 1.29 is 29.0 Å². The van der Waals surface area contributed by atoms with Gasteiger partial charge in [0.05, 0.1) is 18.2 Å². The van der Waals surface area contributed by atoms with Crippen LogP contribution in [0.2, 0.25) is 0 Å². The SMILES string of the molecule is CC(=O)OC(NC(=O)Cc1cccs1)C1=C(C(=O)O)N2C(=O)C[C@H]2SC1. The molecule has 2 atom stereocenters. The molecule has 1 fully saturated rings. The molecule has 3 heterocycles. The van der Waals surface area contributed by atoms with Crippen molar-refractivity contribution in [2.75, 3.05) is 5.75 Å². The molecule has 1 saturated heterocycles. The molecule has 0 aliphatic carbocycles. The van der Waals surface area contributed by atoms with Crippen molar-refractivity contribution in [1.82, 2.24) is 10.2 Å². The Hall–Kier alpha value is -2.33. The molecule has 26 heavy (non-hydrogen) atoms. The lowest BCUT2D eigenvalue weighted by Crippen LogP contribution is -2.56. The van der Waals surface area contributed by atoms with E-state index in [4.69, 9.17) is 4.74 Å². The molecule has 0 aromatic carbocycles. The number of thiophene rings is 1. The number of hydrogen-bond acceptors (Lipinski definition) is 7. The predicted octanol–water partition coefficient (Wildman–Crippen LogP) is 0.940. The molecule has 0 bridgehead atoms. The summed E-state index contributed by atoms with van der Waals surface area (Å²) in [4.78, 5) is 49.3. The fraction of sp³-hybridized carbons (Fsp3) is 0.375. The normalized spacial score (nSPS) is 20.1. The first kappa shape index (κ1) is 18.5. The first-order chi connectivity index (χ1) is 12.4. The minimum Gasteiger partial charge on any atom is -0.477 e. The minimum absolute atomic E-state index is 0.0868. The number of rotatable bonds is 6. The van der Waals surface area contributed by atoms with E-state index in [-0.39, 0.29) is 41.1 Å². The third-order valence-corrected chi connectivity index (χ3v) is 6.01. The van der Waals surface area contributed by atoms with Gasteiger partial charge in [-0.3, -0.25) is 19.3 Å². The third kappa shape index (κ3) is 3.75. The standard InChI is InChI=1S/C16H16N2O6S2/c1-8(19)24-15(17-11(20)5-9-3-2-4-25-9)10-7-26-13-6-12(21)18(13)14(10)16(22)23/h2-4,13,15H,5-7H2,1H3,(H,17,20)(H,22,23)/t13-,15?/m1/s1. The summed E-state index contributed by atoms with van der Waals surface area (Å²) in [5, 5.41) is 13.7. The van der Waals surface area contributed by atoms with Crippen molar-refractivity contribution in [3.05, 3.63) is 33.7 Å². The van der Waals surface area contributed by atoms with Crippen molar-refractivity contribution in [2.45, 2.75) is 31.4 Å². The number of nitrogens with zero attached hydrogens (tertiary/aromatic N) is 1. The van der Waals surface area contributed by atoms with Gasteiger partial charge in [0.1, 0.15) is 5.70 Å². The Bertz CT molecular complexity index is 789. The molecular formula is C16H16N2O6S2. The molecule has 1 aromatic heterocycles. The van der Waals surface area contributed by atoms with Crippen LogP contribution in [0.4, 0.5) is 0 Å². The Morgan fingerprint density at radius 1 is 1.46 bits per heavy atom. The zero-order valence-electron chi connectivity index (χ0n) is 13.8. The number of amides is 2. The second-order valence-corrected chi connectivity index (χ2v) is 7.92. The summed E-state index contributed by atoms with van der Waals surface area (Å²) in [5.41, 5.74) is -0.0193. The highest BCUT2D eigenvalue weighted by atomic mass is 32.2. The second-order valence-electron chi connectivity index (χ2n) is 5.73. The van der Waals surface area contributed by atoms with E-state index in [0.29, 0.717) is 0 Å². The fourth-order valence-corrected chi connectivity index (χ4v) is 4.76. The zero-order chi connectivity index (χ0) is 18.8. The van der Waals surface area contributed by atoms with E-state index in [1.54, 1.807) is 6.07 Å². The number of β-lactam (4-membered cyclic amide) rings is 1. The molecule has 8 nitrogen and oxygen atoms in total. The van der Waals surface area contributed by atoms with E-state index in [9.17, 15) is 24.3 Å². The van der Waals surface area contributed by atoms with E-state index < -0.39 is 24.1 Å². The maximum Gasteiger partial charge on any atom is 0.352 e. The second kappa shape index (κ2) is 7.50. The van der Waals surface area contributed by atoms with Gasteiger partial charge in [0.15, 0.2) is 0 Å². The topological polar surface area (TPSA) is 113 Å². The number of hydrogen-bond donors (Lipinski definition) is 2. The zero-order valence-corrected chi connectivity index (χ0v) is 15.4. The molecule has 10 heteroatoms. The van der Waals surface area contributed by atoms with Gasteiger partial charge in [-0.05, 0) is 11.4 Å². The number of carbonyl (C=O) groups is 4. The van der Waals surface area contributed by atoms with E-state index in [1.165, 1.54) is 34.9 Å². The van der Waals surface area contributed by atoms with Crippen LogP contribution in [0, 0.1) is 0 Å². The smallest absolute Gasteiger partial charge is 0.352 e. The highest BCUT2D eigenvalue weighted by Crippen LogP contribution is 2.40. The Kier molecular flexibility index (Phi) is 5.33. The van der Waals surface area contributed by atoms with Gasteiger partial charge < -0.3 is 15.2 Å². The summed E-state index contributed by atoms with van der Waals surface area (Å²) in [5.74, 6) is -2.41. The number of carboxylic acids is 1. The number of thioether (sulfide) groups is 1. The van der Waals surface area contributed by atoms with Crippen LogP contribution in [0.1, 0.15) is 18.2 Å². The largest absolute Gasteiger partial charge is 0.477 e. The Morgan fingerprint density at radius 2 is 2.23 bits per heavy atom. The molecule has 0 radical (unpaired) electrons. The lowest BCUT2D eigenvalue weighted by Gasteiger charge is -2.44. The van der Waals surface area contributed by atoms with Crippen molar-refractivity contribution in [2.24, 2.45) is 0 Å². The highest BCUT2D eigenvalue weighted by molar-refractivity contribution is 8.00. The van der Waals surface area contributed by atoms with Gasteiger partial charge in [-0.2, -0.15) is 0 Å². The minimum atomic E-state index is -1.29. The Balaban J connectivity index is 1.86. The highest BCUT2D eigenvalue weighted by Gasteiger charge is 2.47. The summed E-state index contributed by atoms with van der Waals surface area (Å²) in [6, 6.07) is 3.61. The van der Waals surface area contributed by atoms with Gasteiger partial charge >= 0.3 is 11.9 Å². The van der Waals surface area contributed by atoms with E-state index in [2.05, 4.69) is 5.32 Å². The molecule has 0 saturated carbocycles. The van der Waals surface area contributed by atoms with Crippen LogP contribution in [0.3, 0.4) is 0 Å². The van der Waals surface area contributed by atoms with E-state index in [1.807, 2.05) is 11.4 Å². The summed E-state index contributed by atoms with van der Waals surface area (Å²) < 4.78 is 5.16. The van der Waals surface area contributed by atoms with Crippen LogP contribution in [-0.4, -0.2) is 51.1 Å². The number of nitrogens with one attached hydrogen (secondary N) is 1. The van der Waals surface area contributed by atoms with E-state index in [0.717, 1.165) is 4.88 Å². The number of carboxylic acid groups (broad SMARTS) is 1. The van der Waals surface area contributed by atoms with Crippen LogP contribution in [0.5, 0.6) is 0 Å². The van der Waals surface area contributed by atoms with Crippen LogP contribution >= 0.6 is 23.1 Å². The molecule has 3 rings (SSSR count). The van der Waals surface area contributed by atoms with E-state index >= 15 is 0 Å². The van der Waals surface area contributed by atoms with Crippen molar-refractivity contribution in [3.63, 3.8) is 0 Å². The Morgan fingerprint density at radius 3 is 2.81 bits per heavy atom. The molecule has 138 valence electrons. The number of ether oxygens (including phenoxy) is 1. The van der Waals surface area contributed by atoms with Gasteiger partial charge in [-0.15, -0.1) is 23.1 Å². The van der Waals surface area contributed by atoms with Gasteiger partial charge in [-0.1, -0.05) is 6.07 Å². The maximum absolute atomic E-state index is 12.3. The average Bonchev–Trinajstić information content (AvgIpc) is 3.04. The molecule has 1 aromatic rings. The Labute approximate surface area is 157 Å². The number of aliphatic carboxylic acids is 1. The molecule has 2 N–H and O–H groups in total. The molecule has 2 aliphatic rings. The van der Waals surface area contributed by atoms with Crippen LogP contribution in [-0.2, 0) is 30.3 Å². The quantitative estimate of drug-likeness (QED) is 0.418. The molecule has 2 amide bonds. The lowest BCUT2D eigenvalue weighted by atomic mass is 10.1. The summed E-state index contributed by atoms with van der Waals surface area (Å²) in [6.07, 6.45) is -0.866. The number of carbonyl (C=O) groups excluding carboxylic acids is 3. The van der Waals surface area contributed by atoms with Crippen LogP contribution in [0.25, 0.3) is 0 Å². The first-order valence-corrected chi connectivity index (χ1v) is 9.68. The average molecular weight is 396 g/mol. The van der Waals surface area contributed by atoms with Crippen molar-refractivity contribution in [1.29, 1.82) is 0 Å². The van der Waals surface area contributed by atoms with Crippen LogP contribution < -0.4 is 5.32 Å². The van der Waals surface area contributed by atoms with Gasteiger partial charge in [0.2, 0.25) is 18.0 Å². The lowest BCUT2D eigenvalue weighted by molar-refractivity contribution is -0.149. The van der Waals surface area contributed by atoms with Crippen molar-refractivity contribution in [3.8, 4) is 0 Å². The monoisotopic (exact) mass is 396 g/mol. The summed E-state index contributed by atoms with van der Waals surface area (Å²) in [7, 11) is 0. The number of esters is 1. The third-order valence-electron chi connectivity index (χ3n) is 3.89.